The molecule has 1 amide bonds. The Labute approximate surface area is 125 Å². The maximum atomic E-state index is 12.4. The monoisotopic (exact) mass is 298 g/mol. The summed E-state index contributed by atoms with van der Waals surface area (Å²) >= 11 is 0. The lowest BCUT2D eigenvalue weighted by Gasteiger charge is -2.16. The van der Waals surface area contributed by atoms with Crippen LogP contribution < -0.4 is 5.32 Å². The van der Waals surface area contributed by atoms with Gasteiger partial charge >= 0.3 is 0 Å². The molecule has 0 aromatic carbocycles. The molecule has 0 spiro atoms. The summed E-state index contributed by atoms with van der Waals surface area (Å²) in [6.45, 7) is 10.2. The third-order valence-electron chi connectivity index (χ3n) is 4.28. The van der Waals surface area contributed by atoms with Gasteiger partial charge in [-0.2, -0.15) is 5.10 Å². The van der Waals surface area contributed by atoms with E-state index in [0.717, 1.165) is 31.9 Å². The van der Waals surface area contributed by atoms with Gasteiger partial charge in [0.05, 0.1) is 0 Å². The van der Waals surface area contributed by atoms with Gasteiger partial charge in [-0.1, -0.05) is 20.8 Å². The normalized spacial score (nSPS) is 25.4. The molecule has 6 heteroatoms. The van der Waals surface area contributed by atoms with Crippen molar-refractivity contribution < 1.29 is 4.79 Å². The maximum Gasteiger partial charge on any atom is 0.274 e. The van der Waals surface area contributed by atoms with Crippen LogP contribution in [0.2, 0.25) is 0 Å². The molecule has 3 heterocycles. The predicted octanol–water partition coefficient (Wildman–Crippen LogP) is 1.42. The minimum Gasteiger partial charge on any atom is -0.337 e. The highest BCUT2D eigenvalue weighted by molar-refractivity contribution is 5.92. The molecular formula is C14H23ClN4O. The van der Waals surface area contributed by atoms with E-state index in [4.69, 9.17) is 0 Å². The topological polar surface area (TPSA) is 61.0 Å². The molecular weight excluding hydrogens is 276 g/mol. The van der Waals surface area contributed by atoms with Crippen molar-refractivity contribution in [2.24, 2.45) is 11.8 Å². The van der Waals surface area contributed by atoms with E-state index in [0.29, 0.717) is 17.5 Å². The van der Waals surface area contributed by atoms with E-state index in [-0.39, 0.29) is 23.7 Å². The SMILES string of the molecule is CC(C)(C)c1cc(C(=O)N2C[C@H]3CNC[C@H]3C2)n[nH]1.Cl. The van der Waals surface area contributed by atoms with Crippen LogP contribution in [0.5, 0.6) is 0 Å². The molecule has 1 aromatic heterocycles. The molecule has 3 rings (SSSR count). The molecule has 0 unspecified atom stereocenters. The first-order chi connectivity index (χ1) is 8.95. The Bertz CT molecular complexity index is 482. The molecule has 20 heavy (non-hydrogen) atoms. The largest absolute Gasteiger partial charge is 0.337 e. The number of fused-ring (bicyclic) bond motifs is 1. The van der Waals surface area contributed by atoms with Crippen molar-refractivity contribution in [3.05, 3.63) is 17.5 Å². The summed E-state index contributed by atoms with van der Waals surface area (Å²) in [7, 11) is 0. The number of halogens is 1. The van der Waals surface area contributed by atoms with Crippen LogP contribution in [0.4, 0.5) is 0 Å². The van der Waals surface area contributed by atoms with Crippen LogP contribution in [-0.4, -0.2) is 47.2 Å². The van der Waals surface area contributed by atoms with E-state index in [9.17, 15) is 4.79 Å². The first-order valence-electron chi connectivity index (χ1n) is 7.01. The van der Waals surface area contributed by atoms with Gasteiger partial charge in [-0.15, -0.1) is 12.4 Å². The minimum absolute atomic E-state index is 0. The highest BCUT2D eigenvalue weighted by atomic mass is 35.5. The molecule has 2 saturated heterocycles. The maximum absolute atomic E-state index is 12.4. The van der Waals surface area contributed by atoms with E-state index in [2.05, 4.69) is 36.3 Å². The summed E-state index contributed by atoms with van der Waals surface area (Å²) in [5, 5.41) is 10.6. The van der Waals surface area contributed by atoms with E-state index in [1.165, 1.54) is 0 Å². The standard InChI is InChI=1S/C14H22N4O.ClH/c1-14(2,3)12-4-11(16-17-12)13(19)18-7-9-5-15-6-10(9)8-18;/h4,9-10,15H,5-8H2,1-3H3,(H,16,17);1H/t9-,10+;. The number of rotatable bonds is 1. The Morgan fingerprint density at radius 2 is 1.90 bits per heavy atom. The number of hydrogen-bond acceptors (Lipinski definition) is 3. The fourth-order valence-electron chi connectivity index (χ4n) is 3.00. The lowest BCUT2D eigenvalue weighted by molar-refractivity contribution is 0.0776. The van der Waals surface area contributed by atoms with Gasteiger partial charge in [0.15, 0.2) is 0 Å². The highest BCUT2D eigenvalue weighted by Gasteiger charge is 2.38. The zero-order valence-corrected chi connectivity index (χ0v) is 13.1. The lowest BCUT2D eigenvalue weighted by Crippen LogP contribution is -2.32. The molecule has 112 valence electrons. The van der Waals surface area contributed by atoms with Gasteiger partial charge in [0.2, 0.25) is 0 Å². The number of carbonyl (C=O) groups is 1. The van der Waals surface area contributed by atoms with Gasteiger partial charge < -0.3 is 10.2 Å². The van der Waals surface area contributed by atoms with Crippen LogP contribution in [-0.2, 0) is 5.41 Å². The quantitative estimate of drug-likeness (QED) is 0.824. The van der Waals surface area contributed by atoms with Crippen LogP contribution >= 0.6 is 12.4 Å². The summed E-state index contributed by atoms with van der Waals surface area (Å²) in [5.41, 5.74) is 1.56. The Balaban J connectivity index is 0.00000147. The molecule has 2 aliphatic heterocycles. The Hall–Kier alpha value is -1.07. The third-order valence-corrected chi connectivity index (χ3v) is 4.28. The van der Waals surface area contributed by atoms with Crippen molar-refractivity contribution >= 4 is 18.3 Å². The van der Waals surface area contributed by atoms with Crippen LogP contribution in [0.3, 0.4) is 0 Å². The van der Waals surface area contributed by atoms with Crippen LogP contribution in [0.25, 0.3) is 0 Å². The van der Waals surface area contributed by atoms with Crippen molar-refractivity contribution in [2.75, 3.05) is 26.2 Å². The molecule has 0 bridgehead atoms. The zero-order valence-electron chi connectivity index (χ0n) is 12.3. The fourth-order valence-corrected chi connectivity index (χ4v) is 3.00. The number of nitrogens with zero attached hydrogens (tertiary/aromatic N) is 2. The van der Waals surface area contributed by atoms with Crippen LogP contribution in [0.1, 0.15) is 37.0 Å². The number of amides is 1. The van der Waals surface area contributed by atoms with E-state index < -0.39 is 0 Å². The zero-order chi connectivity index (χ0) is 13.6. The first-order valence-corrected chi connectivity index (χ1v) is 7.01. The second-order valence-corrected chi connectivity index (χ2v) is 6.81. The summed E-state index contributed by atoms with van der Waals surface area (Å²) in [6.07, 6.45) is 0. The average molecular weight is 299 g/mol. The molecule has 1 aromatic rings. The van der Waals surface area contributed by atoms with Crippen molar-refractivity contribution in [1.29, 1.82) is 0 Å². The molecule has 2 N–H and O–H groups in total. The summed E-state index contributed by atoms with van der Waals surface area (Å²) in [4.78, 5) is 14.4. The molecule has 0 radical (unpaired) electrons. The second-order valence-electron chi connectivity index (χ2n) is 6.81. The second kappa shape index (κ2) is 5.37. The molecule has 5 nitrogen and oxygen atoms in total. The number of likely N-dealkylation sites (tertiary alicyclic amines) is 1. The predicted molar refractivity (Wildman–Crippen MR) is 80.3 cm³/mol. The Kier molecular flexibility index (Phi) is 4.12. The summed E-state index contributed by atoms with van der Waals surface area (Å²) < 4.78 is 0. The van der Waals surface area contributed by atoms with Gasteiger partial charge in [0.25, 0.3) is 5.91 Å². The van der Waals surface area contributed by atoms with Crippen LogP contribution in [0.15, 0.2) is 6.07 Å². The molecule has 0 saturated carbocycles. The number of nitrogens with one attached hydrogen (secondary N) is 2. The van der Waals surface area contributed by atoms with Gasteiger partial charge in [-0.3, -0.25) is 9.89 Å². The first kappa shape index (κ1) is 15.3. The van der Waals surface area contributed by atoms with Crippen molar-refractivity contribution in [3.8, 4) is 0 Å². The van der Waals surface area contributed by atoms with E-state index in [1.54, 1.807) is 0 Å². The number of carbonyl (C=O) groups excluding carboxylic acids is 1. The number of hydrogen-bond donors (Lipinski definition) is 2. The number of aromatic amines is 1. The Morgan fingerprint density at radius 3 is 2.40 bits per heavy atom. The molecule has 0 aliphatic carbocycles. The average Bonchev–Trinajstić information content (AvgIpc) is 3.01. The van der Waals surface area contributed by atoms with Crippen molar-refractivity contribution in [3.63, 3.8) is 0 Å². The molecule has 2 atom stereocenters. The number of H-pyrrole nitrogens is 1. The minimum atomic E-state index is -0.00301. The summed E-state index contributed by atoms with van der Waals surface area (Å²) in [5.74, 6) is 1.33. The molecule has 2 aliphatic rings. The van der Waals surface area contributed by atoms with Gasteiger partial charge in [0, 0.05) is 37.3 Å². The smallest absolute Gasteiger partial charge is 0.274 e. The van der Waals surface area contributed by atoms with Gasteiger partial charge in [-0.05, 0) is 17.9 Å². The number of aromatic nitrogens is 2. The van der Waals surface area contributed by atoms with Crippen molar-refractivity contribution in [2.45, 2.75) is 26.2 Å². The van der Waals surface area contributed by atoms with E-state index in [1.807, 2.05) is 11.0 Å². The summed E-state index contributed by atoms with van der Waals surface area (Å²) in [6, 6.07) is 1.90. The van der Waals surface area contributed by atoms with E-state index >= 15 is 0 Å². The van der Waals surface area contributed by atoms with Gasteiger partial charge in [0.1, 0.15) is 5.69 Å². The lowest BCUT2D eigenvalue weighted by atomic mass is 9.92. The van der Waals surface area contributed by atoms with Gasteiger partial charge in [-0.25, -0.2) is 0 Å². The van der Waals surface area contributed by atoms with Crippen LogP contribution in [0, 0.1) is 11.8 Å². The fraction of sp³-hybridized carbons (Fsp3) is 0.714. The Morgan fingerprint density at radius 1 is 1.30 bits per heavy atom. The van der Waals surface area contributed by atoms with Crippen molar-refractivity contribution in [1.82, 2.24) is 20.4 Å². The third kappa shape index (κ3) is 2.69. The highest BCUT2D eigenvalue weighted by Crippen LogP contribution is 2.28. The molecule has 2 fully saturated rings.